The molecule has 0 bridgehead atoms. The van der Waals surface area contributed by atoms with E-state index in [4.69, 9.17) is 0 Å². The summed E-state index contributed by atoms with van der Waals surface area (Å²) in [7, 11) is 0. The van der Waals surface area contributed by atoms with Crippen molar-refractivity contribution in [3.63, 3.8) is 0 Å². The molecule has 1 aliphatic heterocycles. The third kappa shape index (κ3) is 5.40. The Bertz CT molecular complexity index is 465. The normalized spacial score (nSPS) is 20.7. The molecule has 0 aliphatic carbocycles. The Balaban J connectivity index is 1.90. The van der Waals surface area contributed by atoms with E-state index in [1.54, 1.807) is 12.1 Å². The maximum Gasteiger partial charge on any atom is 0.123 e. The van der Waals surface area contributed by atoms with Gasteiger partial charge in [-0.2, -0.15) is 0 Å². The second kappa shape index (κ2) is 6.89. The smallest absolute Gasteiger partial charge is 0.123 e. The fraction of sp³-hybridized carbons (Fsp3) is 0.667. The molecule has 0 saturated carbocycles. The average Bonchev–Trinajstić information content (AvgIpc) is 2.40. The molecule has 1 unspecified atom stereocenters. The van der Waals surface area contributed by atoms with E-state index in [9.17, 15) is 4.39 Å². The Morgan fingerprint density at radius 1 is 1.33 bits per heavy atom. The van der Waals surface area contributed by atoms with Crippen LogP contribution in [-0.4, -0.2) is 30.1 Å². The average molecular weight is 292 g/mol. The van der Waals surface area contributed by atoms with Crippen molar-refractivity contribution in [3.05, 3.63) is 35.1 Å². The van der Waals surface area contributed by atoms with Crippen LogP contribution in [-0.2, 0) is 6.54 Å². The number of aryl methyl sites for hydroxylation is 1. The van der Waals surface area contributed by atoms with Gasteiger partial charge in [-0.3, -0.25) is 4.90 Å². The lowest BCUT2D eigenvalue weighted by Gasteiger charge is -2.34. The molecule has 2 nitrogen and oxygen atoms in total. The highest BCUT2D eigenvalue weighted by molar-refractivity contribution is 5.26. The maximum atomic E-state index is 13.4. The summed E-state index contributed by atoms with van der Waals surface area (Å²) >= 11 is 0. The van der Waals surface area contributed by atoms with E-state index in [2.05, 4.69) is 37.9 Å². The number of benzene rings is 1. The van der Waals surface area contributed by atoms with Crippen LogP contribution in [0.15, 0.2) is 18.2 Å². The quantitative estimate of drug-likeness (QED) is 0.909. The molecule has 118 valence electrons. The molecule has 1 fully saturated rings. The van der Waals surface area contributed by atoms with Gasteiger partial charge in [-0.25, -0.2) is 4.39 Å². The summed E-state index contributed by atoms with van der Waals surface area (Å²) in [5.74, 6) is 0.574. The summed E-state index contributed by atoms with van der Waals surface area (Å²) in [4.78, 5) is 2.47. The fourth-order valence-corrected chi connectivity index (χ4v) is 2.96. The predicted molar refractivity (Wildman–Crippen MR) is 86.9 cm³/mol. The standard InChI is InChI=1S/C18H29FN2/c1-14-7-8-17(19)10-16(14)13-21-9-5-6-15(12-21)11-20-18(2,3)4/h7-8,10,15,20H,5-6,9,11-13H2,1-4H3. The van der Waals surface area contributed by atoms with Gasteiger partial charge in [0.2, 0.25) is 0 Å². The Kier molecular flexibility index (Phi) is 5.39. The number of rotatable bonds is 4. The molecular formula is C18H29FN2. The number of halogens is 1. The molecule has 0 amide bonds. The van der Waals surface area contributed by atoms with Crippen molar-refractivity contribution in [3.8, 4) is 0 Å². The van der Waals surface area contributed by atoms with Crippen LogP contribution in [0.4, 0.5) is 4.39 Å². The van der Waals surface area contributed by atoms with E-state index >= 15 is 0 Å². The number of hydrogen-bond donors (Lipinski definition) is 1. The third-order valence-electron chi connectivity index (χ3n) is 4.23. The molecule has 1 aromatic carbocycles. The van der Waals surface area contributed by atoms with Crippen LogP contribution in [0.2, 0.25) is 0 Å². The van der Waals surface area contributed by atoms with Crippen molar-refractivity contribution >= 4 is 0 Å². The summed E-state index contributed by atoms with van der Waals surface area (Å²) in [5.41, 5.74) is 2.49. The molecule has 0 radical (unpaired) electrons. The van der Waals surface area contributed by atoms with Crippen LogP contribution in [0.25, 0.3) is 0 Å². The molecule has 1 heterocycles. The van der Waals surface area contributed by atoms with Crippen LogP contribution in [0.3, 0.4) is 0 Å². The van der Waals surface area contributed by atoms with Gasteiger partial charge in [-0.15, -0.1) is 0 Å². The van der Waals surface area contributed by atoms with Crippen LogP contribution in [0.1, 0.15) is 44.7 Å². The Morgan fingerprint density at radius 2 is 2.10 bits per heavy atom. The molecule has 1 saturated heterocycles. The summed E-state index contributed by atoms with van der Waals surface area (Å²) in [5, 5.41) is 3.61. The first-order valence-corrected chi connectivity index (χ1v) is 8.06. The van der Waals surface area contributed by atoms with E-state index < -0.39 is 0 Å². The van der Waals surface area contributed by atoms with Gasteiger partial charge < -0.3 is 5.32 Å². The van der Waals surface area contributed by atoms with E-state index in [1.165, 1.54) is 18.4 Å². The van der Waals surface area contributed by atoms with Gasteiger partial charge in [-0.05, 0) is 82.8 Å². The zero-order valence-corrected chi connectivity index (χ0v) is 13.9. The minimum absolute atomic E-state index is 0.126. The predicted octanol–water partition coefficient (Wildman–Crippen LogP) is 3.73. The molecule has 2 rings (SSSR count). The summed E-state index contributed by atoms with van der Waals surface area (Å²) in [6, 6.07) is 5.12. The van der Waals surface area contributed by atoms with Gasteiger partial charge in [0, 0.05) is 18.6 Å². The molecule has 1 N–H and O–H groups in total. The van der Waals surface area contributed by atoms with Crippen molar-refractivity contribution < 1.29 is 4.39 Å². The van der Waals surface area contributed by atoms with Crippen molar-refractivity contribution in [2.75, 3.05) is 19.6 Å². The third-order valence-corrected chi connectivity index (χ3v) is 4.23. The lowest BCUT2D eigenvalue weighted by Crippen LogP contribution is -2.44. The fourth-order valence-electron chi connectivity index (χ4n) is 2.96. The number of nitrogens with one attached hydrogen (secondary N) is 1. The van der Waals surface area contributed by atoms with Gasteiger partial charge in [0.15, 0.2) is 0 Å². The van der Waals surface area contributed by atoms with Crippen LogP contribution in [0.5, 0.6) is 0 Å². The maximum absolute atomic E-state index is 13.4. The van der Waals surface area contributed by atoms with Gasteiger partial charge in [0.05, 0.1) is 0 Å². The first kappa shape index (κ1) is 16.4. The minimum atomic E-state index is -0.126. The van der Waals surface area contributed by atoms with Crippen molar-refractivity contribution in [1.29, 1.82) is 0 Å². The van der Waals surface area contributed by atoms with Crippen molar-refractivity contribution in [2.24, 2.45) is 5.92 Å². The highest BCUT2D eigenvalue weighted by atomic mass is 19.1. The van der Waals surface area contributed by atoms with Gasteiger partial charge in [-0.1, -0.05) is 6.07 Å². The zero-order valence-electron chi connectivity index (χ0n) is 13.9. The first-order chi connectivity index (χ1) is 9.83. The van der Waals surface area contributed by atoms with Gasteiger partial charge >= 0.3 is 0 Å². The molecule has 1 aromatic rings. The SMILES string of the molecule is Cc1ccc(F)cc1CN1CCCC(CNC(C)(C)C)C1. The highest BCUT2D eigenvalue weighted by Gasteiger charge is 2.22. The molecule has 1 atom stereocenters. The topological polar surface area (TPSA) is 15.3 Å². The molecule has 1 aliphatic rings. The minimum Gasteiger partial charge on any atom is -0.312 e. The van der Waals surface area contributed by atoms with Gasteiger partial charge in [0.1, 0.15) is 5.82 Å². The summed E-state index contributed by atoms with van der Waals surface area (Å²) in [6.45, 7) is 12.9. The number of likely N-dealkylation sites (tertiary alicyclic amines) is 1. The van der Waals surface area contributed by atoms with E-state index in [1.807, 2.05) is 6.07 Å². The van der Waals surface area contributed by atoms with Crippen LogP contribution in [0, 0.1) is 18.7 Å². The van der Waals surface area contributed by atoms with Crippen molar-refractivity contribution in [1.82, 2.24) is 10.2 Å². The van der Waals surface area contributed by atoms with Gasteiger partial charge in [0.25, 0.3) is 0 Å². The van der Waals surface area contributed by atoms with E-state index in [0.29, 0.717) is 5.92 Å². The number of hydrogen-bond acceptors (Lipinski definition) is 2. The summed E-state index contributed by atoms with van der Waals surface area (Å²) < 4.78 is 13.4. The molecule has 3 heteroatoms. The van der Waals surface area contributed by atoms with E-state index in [-0.39, 0.29) is 11.4 Å². The van der Waals surface area contributed by atoms with Crippen LogP contribution >= 0.6 is 0 Å². The highest BCUT2D eigenvalue weighted by Crippen LogP contribution is 2.20. The Hall–Kier alpha value is -0.930. The van der Waals surface area contributed by atoms with Crippen LogP contribution < -0.4 is 5.32 Å². The first-order valence-electron chi connectivity index (χ1n) is 8.06. The van der Waals surface area contributed by atoms with E-state index in [0.717, 1.165) is 31.7 Å². The Labute approximate surface area is 128 Å². The number of piperidine rings is 1. The van der Waals surface area contributed by atoms with Crippen molar-refractivity contribution in [2.45, 2.75) is 52.6 Å². The number of nitrogens with zero attached hydrogens (tertiary/aromatic N) is 1. The molecule has 0 spiro atoms. The summed E-state index contributed by atoms with van der Waals surface area (Å²) in [6.07, 6.45) is 2.53. The molecule has 21 heavy (non-hydrogen) atoms. The second-order valence-corrected chi connectivity index (χ2v) is 7.45. The second-order valence-electron chi connectivity index (χ2n) is 7.45. The zero-order chi connectivity index (χ0) is 15.5. The molecular weight excluding hydrogens is 263 g/mol. The molecule has 0 aromatic heterocycles. The Morgan fingerprint density at radius 3 is 2.81 bits per heavy atom. The lowest BCUT2D eigenvalue weighted by molar-refractivity contribution is 0.159. The monoisotopic (exact) mass is 292 g/mol. The largest absolute Gasteiger partial charge is 0.312 e. The lowest BCUT2D eigenvalue weighted by atomic mass is 9.96.